The van der Waals surface area contributed by atoms with Crippen LogP contribution in [0.5, 0.6) is 11.5 Å². The maximum atomic E-state index is 9.63. The maximum Gasteiger partial charge on any atom is 0.119 e. The second-order valence-corrected chi connectivity index (χ2v) is 5.66. The zero-order chi connectivity index (χ0) is 19.2. The van der Waals surface area contributed by atoms with Crippen molar-refractivity contribution in [2.75, 3.05) is 13.2 Å². The van der Waals surface area contributed by atoms with Crippen molar-refractivity contribution < 1.29 is 40.4 Å². The van der Waals surface area contributed by atoms with Crippen LogP contribution in [0.1, 0.15) is 24.0 Å². The number of rotatable bonds is 10. The summed E-state index contributed by atoms with van der Waals surface area (Å²) in [7, 11) is 0. The van der Waals surface area contributed by atoms with Gasteiger partial charge in [0.25, 0.3) is 0 Å². The van der Waals surface area contributed by atoms with Crippen molar-refractivity contribution in [1.29, 1.82) is 0 Å². The summed E-state index contributed by atoms with van der Waals surface area (Å²) in [6.45, 7) is 10.3. The first kappa shape index (κ1) is 25.1. The summed E-state index contributed by atoms with van der Waals surface area (Å²) >= 11 is 0. The molecule has 5 heteroatoms. The first-order valence-corrected chi connectivity index (χ1v) is 8.52. The molecule has 1 atom stereocenters. The van der Waals surface area contributed by atoms with Gasteiger partial charge >= 0.3 is 0 Å². The van der Waals surface area contributed by atoms with E-state index < -0.39 is 6.10 Å². The second-order valence-electron chi connectivity index (χ2n) is 5.66. The zero-order valence-electron chi connectivity index (χ0n) is 15.5. The fourth-order valence-corrected chi connectivity index (χ4v) is 2.29. The molecular formula is C22H27O4W-. The van der Waals surface area contributed by atoms with Gasteiger partial charge in [-0.2, -0.15) is 0 Å². The molecule has 1 unspecified atom stereocenters. The largest absolute Gasteiger partial charge is 0.496 e. The number of aliphatic hydroxyl groups excluding tert-OH is 1. The van der Waals surface area contributed by atoms with Gasteiger partial charge in [0, 0.05) is 21.1 Å². The van der Waals surface area contributed by atoms with E-state index >= 15 is 0 Å². The van der Waals surface area contributed by atoms with E-state index in [9.17, 15) is 5.11 Å². The molecule has 0 spiro atoms. The summed E-state index contributed by atoms with van der Waals surface area (Å²) in [4.78, 5) is 8.00. The van der Waals surface area contributed by atoms with E-state index in [4.69, 9.17) is 14.3 Å². The number of hydrogen-bond acceptors (Lipinski definition) is 4. The average molecular weight is 539 g/mol. The van der Waals surface area contributed by atoms with Gasteiger partial charge < -0.3 is 26.3 Å². The zero-order valence-corrected chi connectivity index (χ0v) is 18.4. The molecule has 1 N–H and O–H groups in total. The molecular weight excluding hydrogens is 512 g/mol. The quantitative estimate of drug-likeness (QED) is 0.367. The Morgan fingerprint density at radius 1 is 0.963 bits per heavy atom. The van der Waals surface area contributed by atoms with Crippen LogP contribution in [-0.2, 0) is 32.3 Å². The standard InChI is InChI=1S/C21H25O3.CH2O.W/c1-3-5-19(22)16-24-21-12-8-18(9-13-21)15-17-6-10-20(11-7-17)23-14-4-2;1-2;/h3,6-13,19,22H,1-2,4-5,14-16H2;1H2;/q-1;;. The molecule has 146 valence electrons. The minimum Gasteiger partial charge on any atom is -0.496 e. The molecule has 0 aliphatic carbocycles. The molecule has 2 aromatic rings. The van der Waals surface area contributed by atoms with E-state index in [1.54, 1.807) is 6.08 Å². The monoisotopic (exact) mass is 539 g/mol. The number of ether oxygens (including phenoxy) is 2. The van der Waals surface area contributed by atoms with Crippen LogP contribution >= 0.6 is 0 Å². The molecule has 0 saturated carbocycles. The topological polar surface area (TPSA) is 55.8 Å². The average Bonchev–Trinajstić information content (AvgIpc) is 2.69. The molecule has 27 heavy (non-hydrogen) atoms. The third kappa shape index (κ3) is 10.1. The van der Waals surface area contributed by atoms with Crippen molar-refractivity contribution >= 4 is 6.79 Å². The minimum atomic E-state index is -0.508. The van der Waals surface area contributed by atoms with E-state index in [1.165, 1.54) is 11.1 Å². The van der Waals surface area contributed by atoms with Gasteiger partial charge in [0.05, 0.1) is 12.7 Å². The fraction of sp³-hybridized carbons (Fsp3) is 0.273. The van der Waals surface area contributed by atoms with Gasteiger partial charge in [0.15, 0.2) is 0 Å². The van der Waals surface area contributed by atoms with Crippen molar-refractivity contribution in [1.82, 2.24) is 0 Å². The summed E-state index contributed by atoms with van der Waals surface area (Å²) in [6.07, 6.45) is 3.33. The summed E-state index contributed by atoms with van der Waals surface area (Å²) in [5.41, 5.74) is 2.44. The first-order valence-electron chi connectivity index (χ1n) is 8.52. The van der Waals surface area contributed by atoms with Crippen LogP contribution in [0, 0.1) is 6.92 Å². The number of carbonyl (C=O) groups is 1. The first-order chi connectivity index (χ1) is 12.7. The third-order valence-electron chi connectivity index (χ3n) is 3.55. The molecule has 0 saturated heterocycles. The molecule has 0 aliphatic rings. The molecule has 0 amide bonds. The molecule has 4 nitrogen and oxygen atoms in total. The molecule has 0 heterocycles. The number of hydrogen-bond donors (Lipinski definition) is 1. The minimum absolute atomic E-state index is 0. The van der Waals surface area contributed by atoms with Gasteiger partial charge in [-0.05, 0) is 48.2 Å². The Kier molecular flexibility index (Phi) is 14.1. The van der Waals surface area contributed by atoms with Crippen molar-refractivity contribution in [2.45, 2.75) is 25.4 Å². The van der Waals surface area contributed by atoms with Crippen molar-refractivity contribution in [3.8, 4) is 11.5 Å². The van der Waals surface area contributed by atoms with Crippen molar-refractivity contribution in [3.05, 3.63) is 79.2 Å². The molecule has 0 fully saturated rings. The second kappa shape index (κ2) is 15.2. The summed E-state index contributed by atoms with van der Waals surface area (Å²) in [5, 5.41) is 9.63. The maximum absolute atomic E-state index is 9.63. The van der Waals surface area contributed by atoms with E-state index in [2.05, 4.69) is 25.6 Å². The van der Waals surface area contributed by atoms with E-state index in [0.29, 0.717) is 13.0 Å². The number of aliphatic hydroxyl groups is 1. The summed E-state index contributed by atoms with van der Waals surface area (Å²) in [5.74, 6) is 1.64. The van der Waals surface area contributed by atoms with Gasteiger partial charge in [-0.1, -0.05) is 30.3 Å². The van der Waals surface area contributed by atoms with Crippen LogP contribution in [-0.4, -0.2) is 31.2 Å². The van der Waals surface area contributed by atoms with E-state index in [-0.39, 0.29) is 27.7 Å². The molecule has 0 bridgehead atoms. The SMILES string of the molecule is C=CCC(O)COc1ccc(Cc2ccc(OCC[CH2-])cc2)cc1.C=O.[W]. The normalized spacial score (nSPS) is 10.6. The Morgan fingerprint density at radius 2 is 1.44 bits per heavy atom. The van der Waals surface area contributed by atoms with Crippen LogP contribution in [0.25, 0.3) is 0 Å². The van der Waals surface area contributed by atoms with Crippen LogP contribution < -0.4 is 9.47 Å². The summed E-state index contributed by atoms with van der Waals surface area (Å²) < 4.78 is 11.1. The summed E-state index contributed by atoms with van der Waals surface area (Å²) in [6, 6.07) is 16.1. The van der Waals surface area contributed by atoms with Gasteiger partial charge in [-0.3, -0.25) is 0 Å². The van der Waals surface area contributed by atoms with Crippen LogP contribution in [0.4, 0.5) is 0 Å². The fourth-order valence-electron chi connectivity index (χ4n) is 2.29. The smallest absolute Gasteiger partial charge is 0.119 e. The van der Waals surface area contributed by atoms with Gasteiger partial charge in [-0.25, -0.2) is 0 Å². The molecule has 0 aromatic heterocycles. The number of benzene rings is 2. The van der Waals surface area contributed by atoms with E-state index in [0.717, 1.165) is 24.3 Å². The Hall–Kier alpha value is -1.90. The van der Waals surface area contributed by atoms with Gasteiger partial charge in [-0.15, -0.1) is 13.0 Å². The molecule has 2 aromatic carbocycles. The van der Waals surface area contributed by atoms with Crippen molar-refractivity contribution in [2.24, 2.45) is 0 Å². The van der Waals surface area contributed by atoms with Crippen LogP contribution in [0.3, 0.4) is 0 Å². The molecule has 0 radical (unpaired) electrons. The Morgan fingerprint density at radius 3 is 1.89 bits per heavy atom. The Labute approximate surface area is 176 Å². The molecule has 0 aliphatic heterocycles. The van der Waals surface area contributed by atoms with Crippen LogP contribution in [0.15, 0.2) is 61.2 Å². The van der Waals surface area contributed by atoms with E-state index in [1.807, 2.05) is 43.2 Å². The molecule has 2 rings (SSSR count). The van der Waals surface area contributed by atoms with Gasteiger partial charge in [0.2, 0.25) is 0 Å². The van der Waals surface area contributed by atoms with Crippen LogP contribution in [0.2, 0.25) is 0 Å². The third-order valence-corrected chi connectivity index (χ3v) is 3.55. The Bertz CT molecular complexity index is 626. The Balaban J connectivity index is 0.00000218. The predicted molar refractivity (Wildman–Crippen MR) is 105 cm³/mol. The van der Waals surface area contributed by atoms with Crippen molar-refractivity contribution in [3.63, 3.8) is 0 Å². The predicted octanol–water partition coefficient (Wildman–Crippen LogP) is 4.01. The number of carbonyl (C=O) groups excluding carboxylic acids is 1. The van der Waals surface area contributed by atoms with Gasteiger partial charge in [0.1, 0.15) is 24.9 Å².